The topological polar surface area (TPSA) is 70.0 Å². The van der Waals surface area contributed by atoms with Crippen molar-refractivity contribution in [3.8, 4) is 0 Å². The molecule has 0 radical (unpaired) electrons. The first-order valence-electron chi connectivity index (χ1n) is 7.69. The molecule has 0 saturated heterocycles. The number of hydrogen-bond donors (Lipinski definition) is 2. The summed E-state index contributed by atoms with van der Waals surface area (Å²) in [5.74, 6) is 0. The molecule has 0 aromatic heterocycles. The summed E-state index contributed by atoms with van der Waals surface area (Å²) in [6.45, 7) is 9.85. The SMILES string of the molecule is C=CC[C@H](COCc1ccccc1CO)N(C(=O)O)C(C)(C)C. The van der Waals surface area contributed by atoms with E-state index in [1.54, 1.807) is 6.08 Å². The van der Waals surface area contributed by atoms with Crippen molar-refractivity contribution in [3.05, 3.63) is 48.0 Å². The summed E-state index contributed by atoms with van der Waals surface area (Å²) in [6, 6.07) is 7.19. The predicted molar refractivity (Wildman–Crippen MR) is 90.2 cm³/mol. The van der Waals surface area contributed by atoms with E-state index >= 15 is 0 Å². The Balaban J connectivity index is 2.76. The van der Waals surface area contributed by atoms with Crippen LogP contribution in [-0.4, -0.2) is 39.4 Å². The highest BCUT2D eigenvalue weighted by molar-refractivity contribution is 5.66. The number of nitrogens with zero attached hydrogens (tertiary/aromatic N) is 1. The minimum Gasteiger partial charge on any atom is -0.465 e. The van der Waals surface area contributed by atoms with Crippen LogP contribution >= 0.6 is 0 Å². The summed E-state index contributed by atoms with van der Waals surface area (Å²) in [4.78, 5) is 13.0. The summed E-state index contributed by atoms with van der Waals surface area (Å²) in [5, 5.41) is 18.8. The summed E-state index contributed by atoms with van der Waals surface area (Å²) < 4.78 is 5.74. The van der Waals surface area contributed by atoms with Gasteiger partial charge in [-0.1, -0.05) is 30.3 Å². The molecular formula is C18H27NO4. The van der Waals surface area contributed by atoms with Gasteiger partial charge in [-0.3, -0.25) is 4.90 Å². The van der Waals surface area contributed by atoms with Gasteiger partial charge in [-0.25, -0.2) is 4.79 Å². The van der Waals surface area contributed by atoms with Crippen LogP contribution in [0.3, 0.4) is 0 Å². The summed E-state index contributed by atoms with van der Waals surface area (Å²) >= 11 is 0. The molecule has 0 aliphatic rings. The van der Waals surface area contributed by atoms with Gasteiger partial charge in [0.2, 0.25) is 0 Å². The number of hydrogen-bond acceptors (Lipinski definition) is 3. The predicted octanol–water partition coefficient (Wildman–Crippen LogP) is 3.42. The van der Waals surface area contributed by atoms with Crippen LogP contribution in [0.1, 0.15) is 38.3 Å². The van der Waals surface area contributed by atoms with E-state index in [1.165, 1.54) is 4.90 Å². The molecule has 1 rings (SSSR count). The zero-order chi connectivity index (χ0) is 17.5. The highest BCUT2D eigenvalue weighted by Gasteiger charge is 2.32. The van der Waals surface area contributed by atoms with Crippen molar-refractivity contribution in [1.82, 2.24) is 4.90 Å². The average molecular weight is 321 g/mol. The van der Waals surface area contributed by atoms with E-state index in [4.69, 9.17) is 4.74 Å². The van der Waals surface area contributed by atoms with Crippen LogP contribution in [0.4, 0.5) is 4.79 Å². The normalized spacial score (nSPS) is 12.7. The zero-order valence-corrected chi connectivity index (χ0v) is 14.2. The molecule has 0 unspecified atom stereocenters. The van der Waals surface area contributed by atoms with Crippen LogP contribution in [-0.2, 0) is 18.0 Å². The number of ether oxygens (including phenoxy) is 1. The Labute approximate surface area is 138 Å². The van der Waals surface area contributed by atoms with Gasteiger partial charge in [-0.15, -0.1) is 6.58 Å². The molecule has 1 amide bonds. The number of carbonyl (C=O) groups is 1. The third kappa shape index (κ3) is 5.69. The molecular weight excluding hydrogens is 294 g/mol. The first kappa shape index (κ1) is 19.2. The maximum atomic E-state index is 11.6. The van der Waals surface area contributed by atoms with Crippen molar-refractivity contribution in [3.63, 3.8) is 0 Å². The molecule has 0 fully saturated rings. The lowest BCUT2D eigenvalue weighted by Crippen LogP contribution is -2.52. The fraction of sp³-hybridized carbons (Fsp3) is 0.500. The Bertz CT molecular complexity index is 522. The molecule has 128 valence electrons. The van der Waals surface area contributed by atoms with Gasteiger partial charge in [-0.05, 0) is 38.3 Å². The van der Waals surface area contributed by atoms with Crippen LogP contribution in [0.15, 0.2) is 36.9 Å². The van der Waals surface area contributed by atoms with Crippen LogP contribution in [0, 0.1) is 0 Å². The Morgan fingerprint density at radius 3 is 2.43 bits per heavy atom. The molecule has 0 heterocycles. The van der Waals surface area contributed by atoms with Crippen LogP contribution < -0.4 is 0 Å². The van der Waals surface area contributed by atoms with Crippen molar-refractivity contribution < 1.29 is 19.7 Å². The fourth-order valence-electron chi connectivity index (χ4n) is 2.59. The van der Waals surface area contributed by atoms with Crippen molar-refractivity contribution in [2.24, 2.45) is 0 Å². The third-order valence-electron chi connectivity index (χ3n) is 3.59. The lowest BCUT2D eigenvalue weighted by Gasteiger charge is -2.39. The molecule has 1 aromatic carbocycles. The summed E-state index contributed by atoms with van der Waals surface area (Å²) in [5.41, 5.74) is 1.20. The van der Waals surface area contributed by atoms with E-state index in [0.29, 0.717) is 13.0 Å². The molecule has 1 aromatic rings. The first-order chi connectivity index (χ1) is 10.8. The maximum absolute atomic E-state index is 11.6. The Kier molecular flexibility index (Phi) is 7.26. The highest BCUT2D eigenvalue weighted by Crippen LogP contribution is 2.20. The number of rotatable bonds is 8. The lowest BCUT2D eigenvalue weighted by molar-refractivity contribution is 0.0160. The van der Waals surface area contributed by atoms with Gasteiger partial charge in [0, 0.05) is 5.54 Å². The second kappa shape index (κ2) is 8.70. The Morgan fingerprint density at radius 1 is 1.35 bits per heavy atom. The van der Waals surface area contributed by atoms with Crippen molar-refractivity contribution >= 4 is 6.09 Å². The molecule has 23 heavy (non-hydrogen) atoms. The molecule has 5 nitrogen and oxygen atoms in total. The zero-order valence-electron chi connectivity index (χ0n) is 14.2. The van der Waals surface area contributed by atoms with Crippen LogP contribution in [0.25, 0.3) is 0 Å². The monoisotopic (exact) mass is 321 g/mol. The molecule has 0 bridgehead atoms. The first-order valence-corrected chi connectivity index (χ1v) is 7.69. The number of carboxylic acid groups (broad SMARTS) is 1. The van der Waals surface area contributed by atoms with Gasteiger partial charge in [0.15, 0.2) is 0 Å². The summed E-state index contributed by atoms with van der Waals surface area (Å²) in [7, 11) is 0. The van der Waals surface area contributed by atoms with E-state index in [9.17, 15) is 15.0 Å². The third-order valence-corrected chi connectivity index (χ3v) is 3.59. The molecule has 2 N–H and O–H groups in total. The van der Waals surface area contributed by atoms with Crippen molar-refractivity contribution in [2.45, 2.75) is 52.0 Å². The molecule has 0 spiro atoms. The van der Waals surface area contributed by atoms with Gasteiger partial charge in [0.05, 0.1) is 25.9 Å². The minimum atomic E-state index is -0.969. The smallest absolute Gasteiger partial charge is 0.408 e. The van der Waals surface area contributed by atoms with Gasteiger partial charge >= 0.3 is 6.09 Å². The van der Waals surface area contributed by atoms with Crippen molar-refractivity contribution in [1.29, 1.82) is 0 Å². The van der Waals surface area contributed by atoms with E-state index in [0.717, 1.165) is 11.1 Å². The number of amides is 1. The van der Waals surface area contributed by atoms with Gasteiger partial charge < -0.3 is 14.9 Å². The fourth-order valence-corrected chi connectivity index (χ4v) is 2.59. The standard InChI is InChI=1S/C18H27NO4/c1-5-8-16(19(17(21)22)18(2,3)4)13-23-12-15-10-7-6-9-14(15)11-20/h5-7,9-10,16,20H,1,8,11-13H2,2-4H3,(H,21,22)/t16-/m1/s1. The van der Waals surface area contributed by atoms with Crippen molar-refractivity contribution in [2.75, 3.05) is 6.61 Å². The van der Waals surface area contributed by atoms with E-state index < -0.39 is 11.6 Å². The van der Waals surface area contributed by atoms with Gasteiger partial charge in [0.25, 0.3) is 0 Å². The maximum Gasteiger partial charge on any atom is 0.408 e. The molecule has 0 aliphatic carbocycles. The van der Waals surface area contributed by atoms with Crippen LogP contribution in [0.5, 0.6) is 0 Å². The quantitative estimate of drug-likeness (QED) is 0.720. The molecule has 0 aliphatic heterocycles. The summed E-state index contributed by atoms with van der Waals surface area (Å²) in [6.07, 6.45) is 1.26. The number of aliphatic hydroxyl groups excluding tert-OH is 1. The number of benzene rings is 1. The minimum absolute atomic E-state index is 0.0428. The second-order valence-electron chi connectivity index (χ2n) is 6.44. The largest absolute Gasteiger partial charge is 0.465 e. The molecule has 1 atom stereocenters. The van der Waals surface area contributed by atoms with E-state index in [2.05, 4.69) is 6.58 Å². The Hall–Kier alpha value is -1.85. The number of aliphatic hydroxyl groups is 1. The molecule has 5 heteroatoms. The van der Waals surface area contributed by atoms with E-state index in [-0.39, 0.29) is 19.3 Å². The average Bonchev–Trinajstić information content (AvgIpc) is 2.46. The second-order valence-corrected chi connectivity index (χ2v) is 6.44. The Morgan fingerprint density at radius 2 is 1.96 bits per heavy atom. The highest BCUT2D eigenvalue weighted by atomic mass is 16.5. The van der Waals surface area contributed by atoms with Crippen LogP contribution in [0.2, 0.25) is 0 Å². The molecule has 0 saturated carbocycles. The van der Waals surface area contributed by atoms with Gasteiger partial charge in [0.1, 0.15) is 0 Å². The van der Waals surface area contributed by atoms with Gasteiger partial charge in [-0.2, -0.15) is 0 Å². The van der Waals surface area contributed by atoms with E-state index in [1.807, 2.05) is 45.0 Å². The lowest BCUT2D eigenvalue weighted by atomic mass is 10.0.